The van der Waals surface area contributed by atoms with Crippen LogP contribution in [0.2, 0.25) is 0 Å². The summed E-state index contributed by atoms with van der Waals surface area (Å²) >= 11 is 0. The Hall–Kier alpha value is -3.01. The van der Waals surface area contributed by atoms with Crippen molar-refractivity contribution in [3.8, 4) is 17.2 Å². The summed E-state index contributed by atoms with van der Waals surface area (Å²) in [6.07, 6.45) is 2.08. The number of rotatable bonds is 3. The summed E-state index contributed by atoms with van der Waals surface area (Å²) in [6, 6.07) is 16.2. The maximum Gasteiger partial charge on any atom is 0.145 e. The molecule has 24 heavy (non-hydrogen) atoms. The Morgan fingerprint density at radius 2 is 1.58 bits per heavy atom. The van der Waals surface area contributed by atoms with Crippen LogP contribution < -0.4 is 9.47 Å². The Morgan fingerprint density at radius 3 is 2.29 bits per heavy atom. The van der Waals surface area contributed by atoms with Crippen molar-refractivity contribution >= 4 is 21.8 Å². The maximum absolute atomic E-state index is 5.63. The van der Waals surface area contributed by atoms with Crippen molar-refractivity contribution in [3.63, 3.8) is 0 Å². The van der Waals surface area contributed by atoms with Gasteiger partial charge in [0, 0.05) is 23.0 Å². The fraction of sp³-hybridized carbons (Fsp3) is 0.150. The lowest BCUT2D eigenvalue weighted by molar-refractivity contribution is 0.410. The molecule has 4 nitrogen and oxygen atoms in total. The highest BCUT2D eigenvalue weighted by atomic mass is 16.5. The normalized spacial score (nSPS) is 11.1. The van der Waals surface area contributed by atoms with Gasteiger partial charge in [0.25, 0.3) is 0 Å². The van der Waals surface area contributed by atoms with Crippen LogP contribution in [0.1, 0.15) is 5.69 Å². The third-order valence-corrected chi connectivity index (χ3v) is 4.37. The smallest absolute Gasteiger partial charge is 0.145 e. The first-order valence-electron chi connectivity index (χ1n) is 7.82. The Labute approximate surface area is 140 Å². The van der Waals surface area contributed by atoms with Crippen LogP contribution in [0.5, 0.6) is 11.5 Å². The van der Waals surface area contributed by atoms with Crippen molar-refractivity contribution in [2.45, 2.75) is 6.92 Å². The summed E-state index contributed by atoms with van der Waals surface area (Å²) in [6.45, 7) is 2.02. The number of hydrogen-bond acceptors (Lipinski definition) is 3. The summed E-state index contributed by atoms with van der Waals surface area (Å²) in [5.74, 6) is 1.54. The van der Waals surface area contributed by atoms with Crippen molar-refractivity contribution in [2.75, 3.05) is 14.2 Å². The van der Waals surface area contributed by atoms with Gasteiger partial charge in [0.1, 0.15) is 17.0 Å². The van der Waals surface area contributed by atoms with E-state index in [2.05, 4.69) is 29.0 Å². The van der Waals surface area contributed by atoms with Crippen molar-refractivity contribution < 1.29 is 9.47 Å². The van der Waals surface area contributed by atoms with Crippen LogP contribution in [-0.4, -0.2) is 23.8 Å². The molecule has 0 aliphatic rings. The second-order valence-corrected chi connectivity index (χ2v) is 5.67. The van der Waals surface area contributed by atoms with E-state index in [0.717, 1.165) is 44.7 Å². The topological polar surface area (TPSA) is 36.3 Å². The average molecular weight is 318 g/mol. The van der Waals surface area contributed by atoms with Crippen molar-refractivity contribution in [1.29, 1.82) is 0 Å². The molecule has 0 N–H and O–H groups in total. The molecule has 0 aliphatic heterocycles. The summed E-state index contributed by atoms with van der Waals surface area (Å²) in [4.78, 5) is 4.77. The van der Waals surface area contributed by atoms with Crippen molar-refractivity contribution in [3.05, 3.63) is 60.4 Å². The zero-order valence-electron chi connectivity index (χ0n) is 13.9. The third-order valence-electron chi connectivity index (χ3n) is 4.37. The van der Waals surface area contributed by atoms with E-state index < -0.39 is 0 Å². The third kappa shape index (κ3) is 2.03. The Bertz CT molecular complexity index is 1040. The van der Waals surface area contributed by atoms with E-state index in [1.807, 2.05) is 37.3 Å². The molecule has 0 radical (unpaired) electrons. The van der Waals surface area contributed by atoms with Gasteiger partial charge in [0.2, 0.25) is 0 Å². The molecule has 0 amide bonds. The van der Waals surface area contributed by atoms with Gasteiger partial charge in [0.05, 0.1) is 25.1 Å². The molecule has 0 aliphatic carbocycles. The minimum absolute atomic E-state index is 0.747. The fourth-order valence-electron chi connectivity index (χ4n) is 3.24. The molecule has 2 aromatic heterocycles. The quantitative estimate of drug-likeness (QED) is 0.558. The van der Waals surface area contributed by atoms with Gasteiger partial charge in [-0.05, 0) is 37.3 Å². The summed E-state index contributed by atoms with van der Waals surface area (Å²) in [7, 11) is 3.35. The predicted octanol–water partition coefficient (Wildman–Crippen LogP) is 4.50. The number of aryl methyl sites for hydroxylation is 1. The lowest BCUT2D eigenvalue weighted by atomic mass is 10.1. The summed E-state index contributed by atoms with van der Waals surface area (Å²) in [5, 5.41) is 2.07. The highest BCUT2D eigenvalue weighted by Crippen LogP contribution is 2.39. The van der Waals surface area contributed by atoms with Gasteiger partial charge in [-0.2, -0.15) is 0 Å². The van der Waals surface area contributed by atoms with Gasteiger partial charge < -0.3 is 14.0 Å². The van der Waals surface area contributed by atoms with E-state index in [1.54, 1.807) is 14.2 Å². The molecule has 0 saturated carbocycles. The molecule has 2 aromatic carbocycles. The molecular weight excluding hydrogens is 300 g/mol. The van der Waals surface area contributed by atoms with Crippen LogP contribution in [-0.2, 0) is 0 Å². The van der Waals surface area contributed by atoms with Crippen LogP contribution in [0.15, 0.2) is 54.7 Å². The minimum atomic E-state index is 0.747. The molecule has 4 aromatic rings. The number of methoxy groups -OCH3 is 2. The van der Waals surface area contributed by atoms with Gasteiger partial charge in [-0.1, -0.05) is 18.2 Å². The molecule has 0 fully saturated rings. The van der Waals surface area contributed by atoms with Crippen LogP contribution >= 0.6 is 0 Å². The molecule has 4 heteroatoms. The number of nitrogens with zero attached hydrogens (tertiary/aromatic N) is 2. The first kappa shape index (κ1) is 14.6. The molecule has 0 unspecified atom stereocenters. The average Bonchev–Trinajstić information content (AvgIpc) is 3.07. The highest BCUT2D eigenvalue weighted by molar-refractivity contribution is 6.10. The molecule has 120 valence electrons. The van der Waals surface area contributed by atoms with Gasteiger partial charge in [-0.25, -0.2) is 4.98 Å². The Kier molecular flexibility index (Phi) is 3.38. The van der Waals surface area contributed by atoms with E-state index in [9.17, 15) is 0 Å². The lowest BCUT2D eigenvalue weighted by Gasteiger charge is -2.14. The number of ether oxygens (including phenoxy) is 2. The number of hydrogen-bond donors (Lipinski definition) is 0. The first-order valence-corrected chi connectivity index (χ1v) is 7.82. The SMILES string of the molecule is COc1ccc(OC)c2c1nc(C)c1ccn(-c3ccccc3)c12. The molecule has 0 saturated heterocycles. The van der Waals surface area contributed by atoms with Crippen LogP contribution in [0.25, 0.3) is 27.5 Å². The second-order valence-electron chi connectivity index (χ2n) is 5.67. The van der Waals surface area contributed by atoms with Crippen LogP contribution in [0, 0.1) is 6.92 Å². The van der Waals surface area contributed by atoms with E-state index in [1.165, 1.54) is 0 Å². The zero-order chi connectivity index (χ0) is 16.7. The number of para-hydroxylation sites is 1. The fourth-order valence-corrected chi connectivity index (χ4v) is 3.24. The lowest BCUT2D eigenvalue weighted by Crippen LogP contribution is -1.98. The zero-order valence-corrected chi connectivity index (χ0v) is 13.9. The number of aromatic nitrogens is 2. The number of benzene rings is 2. The van der Waals surface area contributed by atoms with Crippen molar-refractivity contribution in [1.82, 2.24) is 9.55 Å². The predicted molar refractivity (Wildman–Crippen MR) is 96.4 cm³/mol. The Morgan fingerprint density at radius 1 is 0.875 bits per heavy atom. The molecule has 0 atom stereocenters. The summed E-state index contributed by atoms with van der Waals surface area (Å²) in [5.41, 5.74) is 3.97. The summed E-state index contributed by atoms with van der Waals surface area (Å²) < 4.78 is 13.3. The molecule has 2 heterocycles. The molecular formula is C20H18N2O2. The van der Waals surface area contributed by atoms with Gasteiger partial charge in [-0.15, -0.1) is 0 Å². The molecule has 4 rings (SSSR count). The van der Waals surface area contributed by atoms with Gasteiger partial charge >= 0.3 is 0 Å². The molecule has 0 spiro atoms. The van der Waals surface area contributed by atoms with Crippen LogP contribution in [0.4, 0.5) is 0 Å². The Balaban J connectivity index is 2.22. The number of fused-ring (bicyclic) bond motifs is 3. The van der Waals surface area contributed by atoms with Gasteiger partial charge in [0.15, 0.2) is 0 Å². The highest BCUT2D eigenvalue weighted by Gasteiger charge is 2.17. The largest absolute Gasteiger partial charge is 0.496 e. The second kappa shape index (κ2) is 5.57. The number of pyridine rings is 1. The standard InChI is InChI=1S/C20H18N2O2/c1-13-15-11-12-22(14-7-5-4-6-8-14)20(15)18-16(23-2)9-10-17(24-3)19(18)21-13/h4-12H,1-3H3. The van der Waals surface area contributed by atoms with E-state index >= 15 is 0 Å². The monoisotopic (exact) mass is 318 g/mol. The first-order chi connectivity index (χ1) is 11.7. The van der Waals surface area contributed by atoms with E-state index in [-0.39, 0.29) is 0 Å². The van der Waals surface area contributed by atoms with E-state index in [0.29, 0.717) is 0 Å². The van der Waals surface area contributed by atoms with E-state index in [4.69, 9.17) is 14.5 Å². The van der Waals surface area contributed by atoms with Crippen LogP contribution in [0.3, 0.4) is 0 Å². The maximum atomic E-state index is 5.63. The van der Waals surface area contributed by atoms with Gasteiger partial charge in [-0.3, -0.25) is 0 Å². The minimum Gasteiger partial charge on any atom is -0.496 e. The van der Waals surface area contributed by atoms with Crippen molar-refractivity contribution in [2.24, 2.45) is 0 Å². The molecule has 0 bridgehead atoms.